The van der Waals surface area contributed by atoms with E-state index < -0.39 is 0 Å². The number of rotatable bonds is 6. The lowest BCUT2D eigenvalue weighted by Gasteiger charge is -2.34. The van der Waals surface area contributed by atoms with Crippen LogP contribution in [0.25, 0.3) is 0 Å². The molecule has 2 aliphatic rings. The van der Waals surface area contributed by atoms with Gasteiger partial charge in [-0.1, -0.05) is 6.07 Å². The first-order valence-electron chi connectivity index (χ1n) is 8.52. The van der Waals surface area contributed by atoms with E-state index in [-0.39, 0.29) is 18.1 Å². The normalized spacial score (nSPS) is 21.9. The van der Waals surface area contributed by atoms with Gasteiger partial charge >= 0.3 is 0 Å². The molecule has 6 heteroatoms. The molecule has 0 unspecified atom stereocenters. The van der Waals surface area contributed by atoms with E-state index >= 15 is 0 Å². The minimum Gasteiger partial charge on any atom is -0.493 e. The molecule has 1 heterocycles. The summed E-state index contributed by atoms with van der Waals surface area (Å²) in [6.07, 6.45) is 1.73. The van der Waals surface area contributed by atoms with Crippen molar-refractivity contribution in [2.45, 2.75) is 38.0 Å². The fourth-order valence-corrected chi connectivity index (χ4v) is 3.20. The van der Waals surface area contributed by atoms with Crippen molar-refractivity contribution in [3.63, 3.8) is 0 Å². The number of benzene rings is 1. The predicted octanol–water partition coefficient (Wildman–Crippen LogP) is 1.74. The molecule has 0 spiro atoms. The number of carbonyl (C=O) groups excluding carboxylic acids is 1. The van der Waals surface area contributed by atoms with Crippen LogP contribution < -0.4 is 14.8 Å². The van der Waals surface area contributed by atoms with Crippen LogP contribution in [0.3, 0.4) is 0 Å². The van der Waals surface area contributed by atoms with Gasteiger partial charge in [-0.15, -0.1) is 0 Å². The van der Waals surface area contributed by atoms with Gasteiger partial charge in [0.2, 0.25) is 0 Å². The minimum atomic E-state index is -0.387. The number of hydrogen-bond acceptors (Lipinski definition) is 5. The molecular weight excluding hydrogens is 308 g/mol. The molecule has 1 aliphatic heterocycles. The zero-order valence-electron chi connectivity index (χ0n) is 14.6. The highest BCUT2D eigenvalue weighted by Gasteiger charge is 2.40. The van der Waals surface area contributed by atoms with Gasteiger partial charge in [-0.25, -0.2) is 0 Å². The van der Waals surface area contributed by atoms with Crippen molar-refractivity contribution in [1.29, 1.82) is 0 Å². The summed E-state index contributed by atoms with van der Waals surface area (Å²) in [5.41, 5.74) is 1.04. The predicted molar refractivity (Wildman–Crippen MR) is 90.4 cm³/mol. The summed E-state index contributed by atoms with van der Waals surface area (Å²) in [5.74, 6) is 1.45. The largest absolute Gasteiger partial charge is 0.493 e. The Kier molecular flexibility index (Phi) is 5.26. The highest BCUT2D eigenvalue weighted by atomic mass is 16.5. The van der Waals surface area contributed by atoms with E-state index in [0.29, 0.717) is 30.7 Å². The van der Waals surface area contributed by atoms with Crippen molar-refractivity contribution in [3.05, 3.63) is 23.8 Å². The van der Waals surface area contributed by atoms with E-state index in [1.807, 2.05) is 23.1 Å². The molecule has 0 radical (unpaired) electrons. The van der Waals surface area contributed by atoms with E-state index in [4.69, 9.17) is 14.2 Å². The standard InChI is InChI=1S/C18H26N2O4/c1-12(13-4-7-15(22-2)16(10-13)23-3)20(14-5-6-14)18(21)17-11-19-8-9-24-17/h4,7,10,12,14,17,19H,5-6,8-9,11H2,1-3H3/t12-,17-/m1/s1. The van der Waals surface area contributed by atoms with E-state index in [1.54, 1.807) is 14.2 Å². The number of morpholine rings is 1. The molecule has 6 nitrogen and oxygen atoms in total. The molecule has 1 saturated carbocycles. The maximum absolute atomic E-state index is 13.0. The number of nitrogens with one attached hydrogen (secondary N) is 1. The van der Waals surface area contributed by atoms with Crippen molar-refractivity contribution in [2.24, 2.45) is 0 Å². The van der Waals surface area contributed by atoms with Crippen LogP contribution in [-0.4, -0.2) is 56.9 Å². The third kappa shape index (κ3) is 3.49. The van der Waals surface area contributed by atoms with E-state index in [2.05, 4.69) is 12.2 Å². The summed E-state index contributed by atoms with van der Waals surface area (Å²) < 4.78 is 16.4. The molecule has 1 amide bonds. The van der Waals surface area contributed by atoms with Gasteiger partial charge in [0.05, 0.1) is 26.9 Å². The molecule has 24 heavy (non-hydrogen) atoms. The number of ether oxygens (including phenoxy) is 3. The van der Waals surface area contributed by atoms with E-state index in [0.717, 1.165) is 24.9 Å². The van der Waals surface area contributed by atoms with Crippen molar-refractivity contribution < 1.29 is 19.0 Å². The average molecular weight is 334 g/mol. The van der Waals surface area contributed by atoms with Gasteiger partial charge in [-0.05, 0) is 37.5 Å². The monoisotopic (exact) mass is 334 g/mol. The lowest BCUT2D eigenvalue weighted by atomic mass is 10.0. The maximum Gasteiger partial charge on any atom is 0.253 e. The molecule has 132 valence electrons. The maximum atomic E-state index is 13.0. The summed E-state index contributed by atoms with van der Waals surface area (Å²) in [5, 5.41) is 3.23. The first-order chi connectivity index (χ1) is 11.7. The first-order valence-corrected chi connectivity index (χ1v) is 8.52. The fraction of sp³-hybridized carbons (Fsp3) is 0.611. The molecule has 1 aromatic rings. The van der Waals surface area contributed by atoms with Gasteiger partial charge < -0.3 is 24.4 Å². The van der Waals surface area contributed by atoms with Crippen LogP contribution in [0.4, 0.5) is 0 Å². The van der Waals surface area contributed by atoms with Crippen molar-refractivity contribution >= 4 is 5.91 Å². The zero-order chi connectivity index (χ0) is 17.1. The second-order valence-electron chi connectivity index (χ2n) is 6.33. The van der Waals surface area contributed by atoms with Crippen LogP contribution in [0, 0.1) is 0 Å². The topological polar surface area (TPSA) is 60.0 Å². The van der Waals surface area contributed by atoms with Crippen molar-refractivity contribution in [3.8, 4) is 11.5 Å². The highest BCUT2D eigenvalue weighted by molar-refractivity contribution is 5.82. The van der Waals surface area contributed by atoms with Gasteiger partial charge in [0.1, 0.15) is 6.10 Å². The summed E-state index contributed by atoms with van der Waals surface area (Å²) in [4.78, 5) is 15.0. The van der Waals surface area contributed by atoms with Gasteiger partial charge in [0.25, 0.3) is 5.91 Å². The Labute approximate surface area is 143 Å². The lowest BCUT2D eigenvalue weighted by Crippen LogP contribution is -2.50. The van der Waals surface area contributed by atoms with Crippen LogP contribution in [0.2, 0.25) is 0 Å². The molecule has 0 aromatic heterocycles. The first kappa shape index (κ1) is 17.0. The Morgan fingerprint density at radius 3 is 2.62 bits per heavy atom. The number of hydrogen-bond donors (Lipinski definition) is 1. The Morgan fingerprint density at radius 2 is 2.04 bits per heavy atom. The van der Waals surface area contributed by atoms with Crippen LogP contribution >= 0.6 is 0 Å². The Bertz CT molecular complexity index is 582. The van der Waals surface area contributed by atoms with Crippen LogP contribution in [-0.2, 0) is 9.53 Å². The number of nitrogens with zero attached hydrogens (tertiary/aromatic N) is 1. The third-order valence-corrected chi connectivity index (χ3v) is 4.71. The van der Waals surface area contributed by atoms with E-state index in [9.17, 15) is 4.79 Å². The molecular formula is C18H26N2O4. The summed E-state index contributed by atoms with van der Waals surface area (Å²) in [6.45, 7) is 4.03. The smallest absolute Gasteiger partial charge is 0.253 e. The summed E-state index contributed by atoms with van der Waals surface area (Å²) in [7, 11) is 3.24. The fourth-order valence-electron chi connectivity index (χ4n) is 3.20. The Hall–Kier alpha value is -1.79. The summed E-state index contributed by atoms with van der Waals surface area (Å²) >= 11 is 0. The quantitative estimate of drug-likeness (QED) is 0.859. The second-order valence-corrected chi connectivity index (χ2v) is 6.33. The van der Waals surface area contributed by atoms with Crippen molar-refractivity contribution in [1.82, 2.24) is 10.2 Å². The molecule has 2 atom stereocenters. The molecule has 2 fully saturated rings. The number of carbonyl (C=O) groups is 1. The van der Waals surface area contributed by atoms with Gasteiger partial charge in [-0.3, -0.25) is 4.79 Å². The second kappa shape index (κ2) is 7.40. The highest BCUT2D eigenvalue weighted by Crippen LogP contribution is 2.37. The molecule has 1 saturated heterocycles. The minimum absolute atomic E-state index is 0.0321. The molecule has 0 bridgehead atoms. The van der Waals surface area contributed by atoms with Crippen LogP contribution in [0.15, 0.2) is 18.2 Å². The van der Waals surface area contributed by atoms with E-state index in [1.165, 1.54) is 0 Å². The zero-order valence-corrected chi connectivity index (χ0v) is 14.6. The molecule has 1 aromatic carbocycles. The Balaban J connectivity index is 1.81. The van der Waals surface area contributed by atoms with Crippen LogP contribution in [0.5, 0.6) is 11.5 Å². The lowest BCUT2D eigenvalue weighted by molar-refractivity contribution is -0.148. The average Bonchev–Trinajstić information content (AvgIpc) is 3.46. The van der Waals surface area contributed by atoms with Gasteiger partial charge in [0.15, 0.2) is 11.5 Å². The summed E-state index contributed by atoms with van der Waals surface area (Å²) in [6, 6.07) is 6.11. The van der Waals surface area contributed by atoms with Gasteiger partial charge in [-0.2, -0.15) is 0 Å². The molecule has 3 rings (SSSR count). The number of amides is 1. The van der Waals surface area contributed by atoms with Crippen LogP contribution in [0.1, 0.15) is 31.4 Å². The SMILES string of the molecule is COc1ccc([C@@H](C)N(C(=O)[C@H]2CNCCO2)C2CC2)cc1OC. The molecule has 1 N–H and O–H groups in total. The third-order valence-electron chi connectivity index (χ3n) is 4.71. The van der Waals surface area contributed by atoms with Crippen molar-refractivity contribution in [2.75, 3.05) is 33.9 Å². The Morgan fingerprint density at radius 1 is 1.29 bits per heavy atom. The molecule has 1 aliphatic carbocycles. The number of methoxy groups -OCH3 is 2. The van der Waals surface area contributed by atoms with Gasteiger partial charge in [0, 0.05) is 19.1 Å².